The van der Waals surface area contributed by atoms with Gasteiger partial charge in [-0.25, -0.2) is 0 Å². The summed E-state index contributed by atoms with van der Waals surface area (Å²) in [7, 11) is 0. The number of ether oxygens (including phenoxy) is 3. The zero-order chi connectivity index (χ0) is 20.7. The lowest BCUT2D eigenvalue weighted by Crippen LogP contribution is -2.38. The molecule has 2 N–H and O–H groups in total. The second-order valence-corrected chi connectivity index (χ2v) is 7.73. The van der Waals surface area contributed by atoms with Crippen molar-refractivity contribution in [2.75, 3.05) is 46.1 Å². The second kappa shape index (κ2) is 16.6. The predicted octanol–water partition coefficient (Wildman–Crippen LogP) is 4.02. The highest BCUT2D eigenvalue weighted by Crippen LogP contribution is 2.15. The molecule has 0 unspecified atom stereocenters. The Morgan fingerprint density at radius 3 is 2.57 bits per heavy atom. The van der Waals surface area contributed by atoms with E-state index in [9.17, 15) is 0 Å². The number of hydrogen-bond donors (Lipinski definition) is 2. The Kier molecular flexibility index (Phi) is 14.9. The van der Waals surface area contributed by atoms with Crippen LogP contribution in [0.15, 0.2) is 29.3 Å². The fourth-order valence-electron chi connectivity index (χ4n) is 3.19. The van der Waals surface area contributed by atoms with Crippen LogP contribution in [0.2, 0.25) is 0 Å². The van der Waals surface area contributed by atoms with E-state index in [1.807, 2.05) is 26.0 Å². The molecule has 0 aromatic heterocycles. The van der Waals surface area contributed by atoms with Crippen molar-refractivity contribution < 1.29 is 14.2 Å². The number of rotatable bonds is 12. The topological polar surface area (TPSA) is 64.1 Å². The highest BCUT2D eigenvalue weighted by molar-refractivity contribution is 14.0. The molecule has 7 heteroatoms. The number of halogens is 1. The summed E-state index contributed by atoms with van der Waals surface area (Å²) in [6.07, 6.45) is 4.34. The smallest absolute Gasteiger partial charge is 0.191 e. The molecule has 6 nitrogen and oxygen atoms in total. The maximum absolute atomic E-state index is 5.81. The largest absolute Gasteiger partial charge is 0.491 e. The van der Waals surface area contributed by atoms with Gasteiger partial charge in [0.2, 0.25) is 0 Å². The van der Waals surface area contributed by atoms with E-state index in [-0.39, 0.29) is 30.1 Å². The van der Waals surface area contributed by atoms with Crippen molar-refractivity contribution in [3.8, 4) is 5.75 Å². The zero-order valence-corrected chi connectivity index (χ0v) is 21.2. The van der Waals surface area contributed by atoms with Crippen LogP contribution in [0.5, 0.6) is 5.75 Å². The molecule has 0 saturated carbocycles. The summed E-state index contributed by atoms with van der Waals surface area (Å²) < 4.78 is 16.9. The molecule has 1 aliphatic heterocycles. The van der Waals surface area contributed by atoms with Crippen molar-refractivity contribution in [2.24, 2.45) is 10.9 Å². The van der Waals surface area contributed by atoms with E-state index < -0.39 is 0 Å². The minimum Gasteiger partial charge on any atom is -0.491 e. The van der Waals surface area contributed by atoms with Gasteiger partial charge in [0.25, 0.3) is 0 Å². The average Bonchev–Trinajstić information content (AvgIpc) is 2.72. The first-order chi connectivity index (χ1) is 14.2. The van der Waals surface area contributed by atoms with Crippen molar-refractivity contribution in [2.45, 2.75) is 52.6 Å². The molecule has 1 fully saturated rings. The van der Waals surface area contributed by atoms with Crippen LogP contribution in [-0.2, 0) is 15.9 Å². The highest BCUT2D eigenvalue weighted by Gasteiger charge is 2.13. The third-order valence-electron chi connectivity index (χ3n) is 4.76. The summed E-state index contributed by atoms with van der Waals surface area (Å²) >= 11 is 0. The Morgan fingerprint density at radius 2 is 1.90 bits per heavy atom. The zero-order valence-electron chi connectivity index (χ0n) is 18.8. The van der Waals surface area contributed by atoms with E-state index in [1.165, 1.54) is 5.56 Å². The van der Waals surface area contributed by atoms with Crippen LogP contribution in [-0.4, -0.2) is 58.1 Å². The van der Waals surface area contributed by atoms with Gasteiger partial charge in [-0.15, -0.1) is 24.0 Å². The summed E-state index contributed by atoms with van der Waals surface area (Å²) in [5.74, 6) is 2.46. The van der Waals surface area contributed by atoms with Crippen LogP contribution in [0.1, 0.15) is 45.6 Å². The summed E-state index contributed by atoms with van der Waals surface area (Å²) in [5, 5.41) is 6.72. The summed E-state index contributed by atoms with van der Waals surface area (Å²) in [4.78, 5) is 4.65. The van der Waals surface area contributed by atoms with Crippen LogP contribution in [0.4, 0.5) is 0 Å². The summed E-state index contributed by atoms with van der Waals surface area (Å²) in [5.41, 5.74) is 1.28. The molecular formula is C23H40IN3O3. The van der Waals surface area contributed by atoms with E-state index in [2.05, 4.69) is 34.7 Å². The number of guanidine groups is 1. The fourth-order valence-corrected chi connectivity index (χ4v) is 3.19. The Bertz CT molecular complexity index is 576. The molecule has 0 aliphatic carbocycles. The van der Waals surface area contributed by atoms with E-state index in [1.54, 1.807) is 0 Å². The van der Waals surface area contributed by atoms with Gasteiger partial charge in [-0.2, -0.15) is 0 Å². The van der Waals surface area contributed by atoms with Crippen molar-refractivity contribution in [3.63, 3.8) is 0 Å². The van der Waals surface area contributed by atoms with Crippen molar-refractivity contribution in [3.05, 3.63) is 29.8 Å². The van der Waals surface area contributed by atoms with Crippen LogP contribution < -0.4 is 15.4 Å². The molecular weight excluding hydrogens is 493 g/mol. The molecule has 0 atom stereocenters. The van der Waals surface area contributed by atoms with Gasteiger partial charge < -0.3 is 24.8 Å². The molecule has 30 heavy (non-hydrogen) atoms. The molecule has 0 spiro atoms. The molecule has 1 saturated heterocycles. The van der Waals surface area contributed by atoms with Gasteiger partial charge in [-0.05, 0) is 70.1 Å². The molecule has 1 aromatic rings. The van der Waals surface area contributed by atoms with Gasteiger partial charge >= 0.3 is 0 Å². The third-order valence-corrected chi connectivity index (χ3v) is 4.76. The van der Waals surface area contributed by atoms with Gasteiger partial charge in [0.1, 0.15) is 5.75 Å². The minimum atomic E-state index is 0. The van der Waals surface area contributed by atoms with Crippen LogP contribution in [0, 0.1) is 5.92 Å². The van der Waals surface area contributed by atoms with Gasteiger partial charge in [0.15, 0.2) is 5.96 Å². The number of nitrogens with zero attached hydrogens (tertiary/aromatic N) is 1. The van der Waals surface area contributed by atoms with Crippen LogP contribution in [0.25, 0.3) is 0 Å². The molecule has 0 bridgehead atoms. The molecule has 0 radical (unpaired) electrons. The molecule has 1 aliphatic rings. The Morgan fingerprint density at radius 1 is 1.17 bits per heavy atom. The highest BCUT2D eigenvalue weighted by atomic mass is 127. The predicted molar refractivity (Wildman–Crippen MR) is 134 cm³/mol. The number of hydrogen-bond acceptors (Lipinski definition) is 4. The Hall–Kier alpha value is -1.06. The molecule has 1 aromatic carbocycles. The van der Waals surface area contributed by atoms with Gasteiger partial charge in [0, 0.05) is 46.1 Å². The number of benzene rings is 1. The molecule has 1 heterocycles. The standard InChI is InChI=1S/C23H39N3O3.HI/c1-4-24-23(25-13-5-15-28-18-21-11-16-27-17-12-21)26-14-10-20-6-8-22(9-7-20)29-19(2)3;/h6-9,19,21H,4-5,10-18H2,1-3H3,(H2,24,25,26);1H. The van der Waals surface area contributed by atoms with Gasteiger partial charge in [-0.1, -0.05) is 12.1 Å². The number of nitrogens with one attached hydrogen (secondary N) is 2. The monoisotopic (exact) mass is 533 g/mol. The maximum atomic E-state index is 5.81. The molecule has 172 valence electrons. The second-order valence-electron chi connectivity index (χ2n) is 7.73. The number of aliphatic imine (C=N–C) groups is 1. The molecule has 0 amide bonds. The van der Waals surface area contributed by atoms with E-state index in [0.29, 0.717) is 5.92 Å². The third kappa shape index (κ3) is 12.0. The molecule has 2 rings (SSSR count). The first-order valence-electron chi connectivity index (χ1n) is 11.1. The quantitative estimate of drug-likeness (QED) is 0.184. The van der Waals surface area contributed by atoms with E-state index in [4.69, 9.17) is 14.2 Å². The average molecular weight is 533 g/mol. The van der Waals surface area contributed by atoms with Crippen LogP contribution >= 0.6 is 24.0 Å². The maximum Gasteiger partial charge on any atom is 0.191 e. The van der Waals surface area contributed by atoms with Gasteiger partial charge in [0.05, 0.1) is 6.10 Å². The van der Waals surface area contributed by atoms with Crippen LogP contribution in [0.3, 0.4) is 0 Å². The lowest BCUT2D eigenvalue weighted by molar-refractivity contribution is 0.0205. The normalized spacial score (nSPS) is 15.0. The fraction of sp³-hybridized carbons (Fsp3) is 0.696. The van der Waals surface area contributed by atoms with Crippen molar-refractivity contribution in [1.82, 2.24) is 10.6 Å². The van der Waals surface area contributed by atoms with Crippen molar-refractivity contribution in [1.29, 1.82) is 0 Å². The Labute approximate surface area is 199 Å². The first kappa shape index (κ1) is 27.0. The van der Waals surface area contributed by atoms with E-state index in [0.717, 1.165) is 83.5 Å². The summed E-state index contributed by atoms with van der Waals surface area (Å²) in [6.45, 7) is 12.0. The van der Waals surface area contributed by atoms with E-state index >= 15 is 0 Å². The first-order valence-corrected chi connectivity index (χ1v) is 11.1. The Balaban J connectivity index is 0.00000450. The minimum absolute atomic E-state index is 0. The van der Waals surface area contributed by atoms with Gasteiger partial charge in [-0.3, -0.25) is 4.99 Å². The summed E-state index contributed by atoms with van der Waals surface area (Å²) in [6, 6.07) is 8.32. The van der Waals surface area contributed by atoms with Crippen molar-refractivity contribution >= 4 is 29.9 Å². The lowest BCUT2D eigenvalue weighted by atomic mass is 10.0. The lowest BCUT2D eigenvalue weighted by Gasteiger charge is -2.21. The SMILES string of the molecule is CCNC(=NCCCOCC1CCOCC1)NCCc1ccc(OC(C)C)cc1.I.